The molecule has 1 aromatic heterocycles. The van der Waals surface area contributed by atoms with Crippen LogP contribution in [-0.2, 0) is 0 Å². The Hall–Kier alpha value is -1.00. The summed E-state index contributed by atoms with van der Waals surface area (Å²) in [6.07, 6.45) is 1.09. The smallest absolute Gasteiger partial charge is 0.184 e. The average molecular weight is 270 g/mol. The Morgan fingerprint density at radius 3 is 3.18 bits per heavy atom. The minimum Gasteiger partial charge on any atom is -0.484 e. The maximum absolute atomic E-state index is 5.96. The summed E-state index contributed by atoms with van der Waals surface area (Å²) < 4.78 is 13.2. The second-order valence-corrected chi connectivity index (χ2v) is 5.71. The van der Waals surface area contributed by atoms with Crippen molar-refractivity contribution in [3.8, 4) is 11.5 Å². The van der Waals surface area contributed by atoms with E-state index >= 15 is 0 Å². The lowest BCUT2D eigenvalue weighted by atomic mass is 10.1. The Kier molecular flexibility index (Phi) is 2.64. The van der Waals surface area contributed by atoms with Crippen LogP contribution >= 0.6 is 22.9 Å². The largest absolute Gasteiger partial charge is 0.484 e. The Morgan fingerprint density at radius 2 is 2.41 bits per heavy atom. The highest BCUT2D eigenvalue weighted by Gasteiger charge is 2.24. The first-order valence-electron chi connectivity index (χ1n) is 5.58. The van der Waals surface area contributed by atoms with E-state index in [0.29, 0.717) is 11.1 Å². The van der Waals surface area contributed by atoms with E-state index in [1.54, 1.807) is 0 Å². The molecule has 2 aromatic rings. The van der Waals surface area contributed by atoms with E-state index < -0.39 is 0 Å². The molecule has 3 rings (SSSR count). The first kappa shape index (κ1) is 11.1. The Balaban J connectivity index is 2.20. The van der Waals surface area contributed by atoms with Crippen molar-refractivity contribution in [3.63, 3.8) is 0 Å². The zero-order valence-corrected chi connectivity index (χ0v) is 11.2. The van der Waals surface area contributed by atoms with Crippen LogP contribution in [0.4, 0.5) is 0 Å². The van der Waals surface area contributed by atoms with E-state index in [-0.39, 0.29) is 6.10 Å². The molecule has 0 N–H and O–H groups in total. The van der Waals surface area contributed by atoms with Crippen molar-refractivity contribution in [3.05, 3.63) is 16.1 Å². The van der Waals surface area contributed by atoms with Gasteiger partial charge in [0.2, 0.25) is 0 Å². The Morgan fingerprint density at radius 1 is 1.59 bits per heavy atom. The van der Waals surface area contributed by atoms with Crippen LogP contribution in [0.15, 0.2) is 6.07 Å². The second-order valence-electron chi connectivity index (χ2n) is 4.12. The summed E-state index contributed by atoms with van der Waals surface area (Å²) >= 11 is 7.40. The highest BCUT2D eigenvalue weighted by atomic mass is 35.5. The molecular weight excluding hydrogens is 258 g/mol. The van der Waals surface area contributed by atoms with Crippen LogP contribution < -0.4 is 9.47 Å². The monoisotopic (exact) mass is 269 g/mol. The number of fused-ring (bicyclic) bond motifs is 3. The lowest BCUT2D eigenvalue weighted by molar-refractivity contribution is 0.0902. The maximum atomic E-state index is 5.96. The molecule has 1 aliphatic heterocycles. The van der Waals surface area contributed by atoms with Gasteiger partial charge in [0.25, 0.3) is 0 Å². The van der Waals surface area contributed by atoms with Gasteiger partial charge >= 0.3 is 0 Å². The SMILES string of the molecule is CC[C@H]1COc2c(cc(C)c3nc(Cl)sc23)O1. The molecule has 0 bridgehead atoms. The van der Waals surface area contributed by atoms with Gasteiger partial charge in [-0.3, -0.25) is 0 Å². The van der Waals surface area contributed by atoms with Gasteiger partial charge in [-0.05, 0) is 25.0 Å². The minimum atomic E-state index is 0.141. The average Bonchev–Trinajstić information content (AvgIpc) is 2.71. The van der Waals surface area contributed by atoms with E-state index in [1.807, 2.05) is 13.0 Å². The van der Waals surface area contributed by atoms with E-state index in [4.69, 9.17) is 21.1 Å². The van der Waals surface area contributed by atoms with Gasteiger partial charge in [-0.25, -0.2) is 4.98 Å². The van der Waals surface area contributed by atoms with Crippen molar-refractivity contribution >= 4 is 33.2 Å². The molecule has 0 amide bonds. The fraction of sp³-hybridized carbons (Fsp3) is 0.417. The molecular formula is C12H12ClNO2S. The van der Waals surface area contributed by atoms with Gasteiger partial charge in [0, 0.05) is 0 Å². The van der Waals surface area contributed by atoms with Crippen LogP contribution in [0.5, 0.6) is 11.5 Å². The summed E-state index contributed by atoms with van der Waals surface area (Å²) in [5, 5.41) is 0. The quantitative estimate of drug-likeness (QED) is 0.789. The highest BCUT2D eigenvalue weighted by Crippen LogP contribution is 2.44. The first-order chi connectivity index (χ1) is 8.19. The van der Waals surface area contributed by atoms with Gasteiger partial charge in [-0.15, -0.1) is 0 Å². The van der Waals surface area contributed by atoms with Gasteiger partial charge in [0.1, 0.15) is 17.4 Å². The van der Waals surface area contributed by atoms with E-state index in [2.05, 4.69) is 11.9 Å². The minimum absolute atomic E-state index is 0.141. The molecule has 3 nitrogen and oxygen atoms in total. The fourth-order valence-electron chi connectivity index (χ4n) is 1.97. The molecule has 0 saturated heterocycles. The third-order valence-corrected chi connectivity index (χ3v) is 4.07. The van der Waals surface area contributed by atoms with Gasteiger partial charge in [-0.1, -0.05) is 29.9 Å². The van der Waals surface area contributed by atoms with Crippen LogP contribution in [-0.4, -0.2) is 17.7 Å². The molecule has 1 atom stereocenters. The summed E-state index contributed by atoms with van der Waals surface area (Å²) in [7, 11) is 0. The normalized spacial score (nSPS) is 18.6. The summed E-state index contributed by atoms with van der Waals surface area (Å²) in [6.45, 7) is 4.70. The van der Waals surface area contributed by atoms with E-state index in [9.17, 15) is 0 Å². The van der Waals surface area contributed by atoms with Crippen molar-refractivity contribution in [2.45, 2.75) is 26.4 Å². The first-order valence-corrected chi connectivity index (χ1v) is 6.77. The lowest BCUT2D eigenvalue weighted by Gasteiger charge is -2.26. The molecule has 90 valence electrons. The van der Waals surface area contributed by atoms with E-state index in [1.165, 1.54) is 11.3 Å². The number of thiazole rings is 1. The van der Waals surface area contributed by atoms with Gasteiger partial charge in [0.15, 0.2) is 16.0 Å². The number of aryl methyl sites for hydroxylation is 1. The molecule has 2 heterocycles. The zero-order valence-electron chi connectivity index (χ0n) is 9.62. The topological polar surface area (TPSA) is 31.4 Å². The molecule has 0 fully saturated rings. The lowest BCUT2D eigenvalue weighted by Crippen LogP contribution is -2.28. The predicted octanol–water partition coefficient (Wildman–Crippen LogP) is 3.81. The fourth-order valence-corrected chi connectivity index (χ4v) is 3.15. The van der Waals surface area contributed by atoms with Gasteiger partial charge < -0.3 is 9.47 Å². The molecule has 0 spiro atoms. The number of hydrogen-bond donors (Lipinski definition) is 0. The Labute approximate surface area is 108 Å². The predicted molar refractivity (Wildman–Crippen MR) is 69.6 cm³/mol. The number of ether oxygens (including phenoxy) is 2. The van der Waals surface area contributed by atoms with Crippen LogP contribution in [0.25, 0.3) is 10.2 Å². The molecule has 17 heavy (non-hydrogen) atoms. The Bertz CT molecular complexity index is 581. The maximum Gasteiger partial charge on any atom is 0.184 e. The highest BCUT2D eigenvalue weighted by molar-refractivity contribution is 7.22. The third kappa shape index (κ3) is 1.76. The molecule has 0 saturated carbocycles. The van der Waals surface area contributed by atoms with Crippen LogP contribution in [0.3, 0.4) is 0 Å². The van der Waals surface area contributed by atoms with Crippen molar-refractivity contribution < 1.29 is 9.47 Å². The van der Waals surface area contributed by atoms with Crippen LogP contribution in [0.2, 0.25) is 4.47 Å². The number of aromatic nitrogens is 1. The van der Waals surface area contributed by atoms with E-state index in [0.717, 1.165) is 33.7 Å². The van der Waals surface area contributed by atoms with Gasteiger partial charge in [-0.2, -0.15) is 0 Å². The molecule has 5 heteroatoms. The summed E-state index contributed by atoms with van der Waals surface area (Å²) in [5.74, 6) is 1.60. The number of nitrogens with zero attached hydrogens (tertiary/aromatic N) is 1. The van der Waals surface area contributed by atoms with Crippen molar-refractivity contribution in [2.24, 2.45) is 0 Å². The third-order valence-electron chi connectivity index (χ3n) is 2.91. The molecule has 1 aromatic carbocycles. The van der Waals surface area contributed by atoms with Gasteiger partial charge in [0.05, 0.1) is 5.52 Å². The van der Waals surface area contributed by atoms with Crippen molar-refractivity contribution in [1.29, 1.82) is 0 Å². The molecule has 0 radical (unpaired) electrons. The zero-order chi connectivity index (χ0) is 12.0. The van der Waals surface area contributed by atoms with Crippen LogP contribution in [0, 0.1) is 6.92 Å². The number of halogens is 1. The summed E-state index contributed by atoms with van der Waals surface area (Å²) in [4.78, 5) is 4.31. The van der Waals surface area contributed by atoms with Crippen molar-refractivity contribution in [1.82, 2.24) is 4.98 Å². The van der Waals surface area contributed by atoms with Crippen molar-refractivity contribution in [2.75, 3.05) is 6.61 Å². The molecule has 0 unspecified atom stereocenters. The number of benzene rings is 1. The van der Waals surface area contributed by atoms with Crippen LogP contribution in [0.1, 0.15) is 18.9 Å². The molecule has 1 aliphatic rings. The summed E-state index contributed by atoms with van der Waals surface area (Å²) in [5.41, 5.74) is 1.99. The second kappa shape index (κ2) is 4.03. The standard InChI is InChI=1S/C12H12ClNO2S/c1-3-7-5-15-10-8(16-7)4-6(2)9-11(10)17-12(13)14-9/h4,7H,3,5H2,1-2H3/t7-/m0/s1. The molecule has 0 aliphatic carbocycles. The number of hydrogen-bond acceptors (Lipinski definition) is 4. The summed E-state index contributed by atoms with van der Waals surface area (Å²) in [6, 6.07) is 1.98. The number of rotatable bonds is 1.